The van der Waals surface area contributed by atoms with Crippen LogP contribution < -0.4 is 0 Å². The maximum atomic E-state index is 9.90. The van der Waals surface area contributed by atoms with Crippen LogP contribution in [0.25, 0.3) is 5.69 Å². The van der Waals surface area contributed by atoms with E-state index in [2.05, 4.69) is 10.2 Å². The number of aliphatic hydroxyl groups excluding tert-OH is 3. The number of para-hydroxylation sites is 1. The molecule has 0 aliphatic carbocycles. The van der Waals surface area contributed by atoms with Crippen LogP contribution in [0.5, 0.6) is 0 Å². The zero-order valence-corrected chi connectivity index (χ0v) is 18.1. The van der Waals surface area contributed by atoms with Crippen molar-refractivity contribution in [2.24, 2.45) is 0 Å². The number of hydrogen-bond donors (Lipinski definition) is 6. The van der Waals surface area contributed by atoms with E-state index in [1.807, 2.05) is 30.3 Å². The van der Waals surface area contributed by atoms with Gasteiger partial charge in [-0.3, -0.25) is 14.4 Å². The minimum Gasteiger partial charge on any atom is -0.481 e. The third-order valence-corrected chi connectivity index (χ3v) is 2.93. The van der Waals surface area contributed by atoms with Gasteiger partial charge in [0.2, 0.25) is 0 Å². The van der Waals surface area contributed by atoms with E-state index in [0.29, 0.717) is 5.69 Å². The highest BCUT2D eigenvalue weighted by atomic mass is 16.5. The van der Waals surface area contributed by atoms with Crippen LogP contribution in [0.4, 0.5) is 0 Å². The Labute approximate surface area is 184 Å². The Morgan fingerprint density at radius 1 is 0.969 bits per heavy atom. The topological polar surface area (TPSA) is 213 Å². The molecule has 1 aromatic heterocycles. The lowest BCUT2D eigenvalue weighted by Crippen LogP contribution is -2.35. The molecular formula is C19H29N3O10. The largest absolute Gasteiger partial charge is 0.481 e. The second kappa shape index (κ2) is 17.3. The first kappa shape index (κ1) is 30.8. The molecule has 2 aromatic rings. The molecule has 32 heavy (non-hydrogen) atoms. The highest BCUT2D eigenvalue weighted by Crippen LogP contribution is 2.21. The maximum Gasteiger partial charge on any atom is 0.300 e. The molecule has 2 rings (SSSR count). The molecule has 0 amide bonds. The SMILES string of the molecule is CC(=O)O.CC(=O)O.CC(=O)O.COC(c1cnn(-c2ccccc2)n1)C(O)C(O)CO. The molecule has 180 valence electrons. The van der Waals surface area contributed by atoms with Crippen LogP contribution in [0.2, 0.25) is 0 Å². The fraction of sp³-hybridized carbons (Fsp3) is 0.421. The third kappa shape index (κ3) is 15.4. The quantitative estimate of drug-likeness (QED) is 0.335. The van der Waals surface area contributed by atoms with Crippen molar-refractivity contribution in [3.8, 4) is 5.69 Å². The number of hydrogen-bond acceptors (Lipinski definition) is 9. The molecule has 13 heteroatoms. The van der Waals surface area contributed by atoms with E-state index < -0.39 is 42.8 Å². The summed E-state index contributed by atoms with van der Waals surface area (Å²) in [6, 6.07) is 9.27. The van der Waals surface area contributed by atoms with Gasteiger partial charge in [0.1, 0.15) is 24.0 Å². The molecular weight excluding hydrogens is 430 g/mol. The summed E-state index contributed by atoms with van der Waals surface area (Å²) in [4.78, 5) is 28.4. The molecule has 3 atom stereocenters. The van der Waals surface area contributed by atoms with Crippen molar-refractivity contribution in [1.82, 2.24) is 15.0 Å². The molecule has 3 unspecified atom stereocenters. The summed E-state index contributed by atoms with van der Waals surface area (Å²) >= 11 is 0. The molecule has 0 aliphatic rings. The summed E-state index contributed by atoms with van der Waals surface area (Å²) in [5.41, 5.74) is 1.14. The van der Waals surface area contributed by atoms with Crippen LogP contribution in [-0.2, 0) is 19.1 Å². The minimum absolute atomic E-state index is 0.372. The van der Waals surface area contributed by atoms with Crippen LogP contribution >= 0.6 is 0 Å². The van der Waals surface area contributed by atoms with Gasteiger partial charge < -0.3 is 35.4 Å². The maximum absolute atomic E-state index is 9.90. The molecule has 1 aromatic carbocycles. The molecule has 1 heterocycles. The van der Waals surface area contributed by atoms with Crippen molar-refractivity contribution < 1.29 is 49.8 Å². The van der Waals surface area contributed by atoms with E-state index in [9.17, 15) is 10.2 Å². The summed E-state index contributed by atoms with van der Waals surface area (Å²) in [6.07, 6.45) is -2.00. The van der Waals surface area contributed by atoms with Crippen LogP contribution in [0, 0.1) is 0 Å². The zero-order valence-electron chi connectivity index (χ0n) is 18.1. The van der Waals surface area contributed by atoms with Gasteiger partial charge in [-0.15, -0.1) is 0 Å². The normalized spacial score (nSPS) is 12.2. The number of carboxylic acids is 3. The summed E-state index contributed by atoms with van der Waals surface area (Å²) in [6.45, 7) is 2.69. The third-order valence-electron chi connectivity index (χ3n) is 2.93. The fourth-order valence-electron chi connectivity index (χ4n) is 1.84. The number of nitrogens with zero attached hydrogens (tertiary/aromatic N) is 3. The van der Waals surface area contributed by atoms with E-state index in [1.165, 1.54) is 18.1 Å². The molecule has 0 bridgehead atoms. The Bertz CT molecular complexity index is 757. The summed E-state index contributed by atoms with van der Waals surface area (Å²) < 4.78 is 5.13. The van der Waals surface area contributed by atoms with Crippen molar-refractivity contribution in [3.63, 3.8) is 0 Å². The number of rotatable bonds is 6. The first-order valence-electron chi connectivity index (χ1n) is 8.93. The second-order valence-electron chi connectivity index (χ2n) is 5.85. The number of aromatic nitrogens is 3. The smallest absolute Gasteiger partial charge is 0.300 e. The predicted molar refractivity (Wildman–Crippen MR) is 110 cm³/mol. The van der Waals surface area contributed by atoms with Crippen LogP contribution in [0.15, 0.2) is 36.5 Å². The fourth-order valence-corrected chi connectivity index (χ4v) is 1.84. The number of carbonyl (C=O) groups is 3. The summed E-state index contributed by atoms with van der Waals surface area (Å²) in [7, 11) is 1.39. The van der Waals surface area contributed by atoms with Crippen molar-refractivity contribution in [3.05, 3.63) is 42.2 Å². The van der Waals surface area contributed by atoms with E-state index in [1.54, 1.807) is 0 Å². The molecule has 0 saturated heterocycles. The molecule has 0 radical (unpaired) electrons. The first-order chi connectivity index (χ1) is 14.9. The van der Waals surface area contributed by atoms with Gasteiger partial charge in [0.05, 0.1) is 18.5 Å². The first-order valence-corrected chi connectivity index (χ1v) is 8.93. The van der Waals surface area contributed by atoms with Gasteiger partial charge in [0.15, 0.2) is 0 Å². The Hall–Kier alpha value is -3.39. The number of methoxy groups -OCH3 is 1. The molecule has 0 fully saturated rings. The van der Waals surface area contributed by atoms with E-state index >= 15 is 0 Å². The van der Waals surface area contributed by atoms with Crippen molar-refractivity contribution >= 4 is 17.9 Å². The lowest BCUT2D eigenvalue weighted by Gasteiger charge is -2.22. The van der Waals surface area contributed by atoms with Gasteiger partial charge in [-0.05, 0) is 12.1 Å². The Morgan fingerprint density at radius 2 is 1.41 bits per heavy atom. The molecule has 0 saturated carbocycles. The average Bonchev–Trinajstić information content (AvgIpc) is 3.17. The molecule has 0 aliphatic heterocycles. The van der Waals surface area contributed by atoms with E-state index in [-0.39, 0.29) is 0 Å². The Balaban J connectivity index is 0. The van der Waals surface area contributed by atoms with Crippen LogP contribution in [0.1, 0.15) is 32.6 Å². The predicted octanol–water partition coefficient (Wildman–Crippen LogP) is -0.0584. The van der Waals surface area contributed by atoms with Crippen LogP contribution in [0.3, 0.4) is 0 Å². The summed E-state index contributed by atoms with van der Waals surface area (Å²) in [5.74, 6) is -2.50. The number of aliphatic hydroxyl groups is 3. The lowest BCUT2D eigenvalue weighted by molar-refractivity contribution is -0.135. The number of carboxylic acid groups (broad SMARTS) is 3. The highest BCUT2D eigenvalue weighted by molar-refractivity contribution is 5.63. The number of aliphatic carboxylic acids is 3. The van der Waals surface area contributed by atoms with E-state index in [0.717, 1.165) is 26.5 Å². The van der Waals surface area contributed by atoms with Crippen molar-refractivity contribution in [1.29, 1.82) is 0 Å². The van der Waals surface area contributed by atoms with Crippen molar-refractivity contribution in [2.45, 2.75) is 39.1 Å². The van der Waals surface area contributed by atoms with Crippen molar-refractivity contribution in [2.75, 3.05) is 13.7 Å². The number of ether oxygens (including phenoxy) is 1. The summed E-state index contributed by atoms with van der Waals surface area (Å²) in [5, 5.41) is 58.8. The van der Waals surface area contributed by atoms with Crippen LogP contribution in [-0.4, -0.2) is 89.5 Å². The lowest BCUT2D eigenvalue weighted by atomic mass is 10.1. The van der Waals surface area contributed by atoms with Gasteiger partial charge in [-0.1, -0.05) is 18.2 Å². The van der Waals surface area contributed by atoms with Gasteiger partial charge >= 0.3 is 0 Å². The zero-order chi connectivity index (χ0) is 25.3. The Kier molecular flexibility index (Phi) is 16.7. The minimum atomic E-state index is -1.30. The molecule has 13 nitrogen and oxygen atoms in total. The van der Waals surface area contributed by atoms with Gasteiger partial charge in [0.25, 0.3) is 17.9 Å². The second-order valence-corrected chi connectivity index (χ2v) is 5.85. The highest BCUT2D eigenvalue weighted by Gasteiger charge is 2.29. The van der Waals surface area contributed by atoms with Gasteiger partial charge in [-0.25, -0.2) is 0 Å². The van der Waals surface area contributed by atoms with Gasteiger partial charge in [0, 0.05) is 27.9 Å². The monoisotopic (exact) mass is 459 g/mol. The average molecular weight is 459 g/mol. The standard InChI is InChI=1S/C13H17N3O4.3C2H4O2/c1-20-13(12(19)11(18)8-17)10-7-14-16(15-10)9-5-3-2-4-6-9;3*1-2(3)4/h2-7,11-13,17-19H,8H2,1H3;3*1H3,(H,3,4). The van der Waals surface area contributed by atoms with E-state index in [4.69, 9.17) is 39.5 Å². The molecule has 0 spiro atoms. The number of benzene rings is 1. The Morgan fingerprint density at radius 3 is 1.78 bits per heavy atom. The van der Waals surface area contributed by atoms with Gasteiger partial charge in [-0.2, -0.15) is 15.0 Å². The molecule has 6 N–H and O–H groups in total.